The second-order valence-corrected chi connectivity index (χ2v) is 11.6. The molecule has 0 unspecified atom stereocenters. The van der Waals surface area contributed by atoms with Gasteiger partial charge in [-0.05, 0) is 50.2 Å². The average molecular weight is 510 g/mol. The Balaban J connectivity index is 1.28. The summed E-state index contributed by atoms with van der Waals surface area (Å²) in [6.45, 7) is 2.75. The maximum Gasteiger partial charge on any atom is 0.266 e. The summed E-state index contributed by atoms with van der Waals surface area (Å²) in [6.07, 6.45) is 7.58. The van der Waals surface area contributed by atoms with Gasteiger partial charge < -0.3 is 4.90 Å². The van der Waals surface area contributed by atoms with Crippen molar-refractivity contribution in [1.82, 2.24) is 14.9 Å². The molecule has 2 aliphatic rings. The molecule has 2 aromatic carbocycles. The van der Waals surface area contributed by atoms with Crippen LogP contribution in [0.3, 0.4) is 0 Å². The maximum atomic E-state index is 14.1. The highest BCUT2D eigenvalue weighted by Gasteiger charge is 2.45. The van der Waals surface area contributed by atoms with Crippen LogP contribution in [0.1, 0.15) is 63.6 Å². The molecule has 1 saturated heterocycles. The molecular weight excluding hydrogens is 478 g/mol. The zero-order valence-electron chi connectivity index (χ0n) is 21.1. The number of benzene rings is 2. The predicted molar refractivity (Wildman–Crippen MR) is 148 cm³/mol. The number of hydrogen-bond donors (Lipinski definition) is 0. The molecule has 0 radical (unpaired) electrons. The number of fused-ring (bicyclic) bond motifs is 2. The van der Waals surface area contributed by atoms with E-state index >= 15 is 0 Å². The topological polar surface area (TPSA) is 63.2 Å². The Morgan fingerprint density at radius 2 is 1.81 bits per heavy atom. The van der Waals surface area contributed by atoms with E-state index < -0.39 is 0 Å². The van der Waals surface area contributed by atoms with Gasteiger partial charge in [0.25, 0.3) is 5.91 Å². The summed E-state index contributed by atoms with van der Waals surface area (Å²) >= 11 is 1.48. The first-order valence-electron chi connectivity index (χ1n) is 13.3. The largest absolute Gasteiger partial charge is 0.334 e. The summed E-state index contributed by atoms with van der Waals surface area (Å²) in [5.41, 5.74) is 3.19. The highest BCUT2D eigenvalue weighted by Crippen LogP contribution is 2.44. The van der Waals surface area contributed by atoms with Crippen molar-refractivity contribution < 1.29 is 9.59 Å². The highest BCUT2D eigenvalue weighted by molar-refractivity contribution is 7.14. The molecule has 0 N–H and O–H groups in total. The molecule has 1 amide bonds. The van der Waals surface area contributed by atoms with Crippen LogP contribution in [-0.4, -0.2) is 39.1 Å². The summed E-state index contributed by atoms with van der Waals surface area (Å²) in [4.78, 5) is 39.5. The highest BCUT2D eigenvalue weighted by atomic mass is 32.1. The minimum atomic E-state index is 0.0723. The Morgan fingerprint density at radius 1 is 1.00 bits per heavy atom. The number of carbonyl (C=O) groups excluding carboxylic acids is 2. The lowest BCUT2D eigenvalue weighted by Crippen LogP contribution is -2.38. The van der Waals surface area contributed by atoms with Gasteiger partial charge >= 0.3 is 0 Å². The van der Waals surface area contributed by atoms with Gasteiger partial charge in [-0.15, -0.1) is 11.3 Å². The molecule has 188 valence electrons. The lowest BCUT2D eigenvalue weighted by molar-refractivity contribution is 0.0702. The SMILES string of the molecule is Cc1nc(-c2ccccc2)c(C(=O)N2C[C@H]3CCCC[C@@H]3[C@H]2CCC(=O)c2cccc3cccnc23)s1. The van der Waals surface area contributed by atoms with Gasteiger partial charge in [-0.3, -0.25) is 14.6 Å². The number of hydrogen-bond acceptors (Lipinski definition) is 5. The van der Waals surface area contributed by atoms with Crippen LogP contribution in [-0.2, 0) is 0 Å². The maximum absolute atomic E-state index is 14.1. The van der Waals surface area contributed by atoms with Gasteiger partial charge in [-0.2, -0.15) is 0 Å². The Kier molecular flexibility index (Phi) is 6.59. The van der Waals surface area contributed by atoms with Crippen molar-refractivity contribution in [3.63, 3.8) is 0 Å². The molecule has 6 heteroatoms. The van der Waals surface area contributed by atoms with E-state index in [1.165, 1.54) is 30.6 Å². The Bertz CT molecular complexity index is 1440. The summed E-state index contributed by atoms with van der Waals surface area (Å²) in [5.74, 6) is 1.16. The van der Waals surface area contributed by atoms with Crippen molar-refractivity contribution in [3.05, 3.63) is 82.3 Å². The molecule has 5 nitrogen and oxygen atoms in total. The lowest BCUT2D eigenvalue weighted by atomic mass is 9.77. The molecule has 3 heterocycles. The number of rotatable bonds is 6. The second kappa shape index (κ2) is 10.2. The molecule has 0 spiro atoms. The fourth-order valence-corrected chi connectivity index (χ4v) is 7.33. The number of para-hydroxylation sites is 1. The van der Waals surface area contributed by atoms with Crippen LogP contribution in [0.15, 0.2) is 66.9 Å². The fourth-order valence-electron chi connectivity index (χ4n) is 6.43. The molecule has 3 atom stereocenters. The van der Waals surface area contributed by atoms with Gasteiger partial charge in [-0.1, -0.05) is 61.4 Å². The number of amides is 1. The second-order valence-electron chi connectivity index (χ2n) is 10.4. The van der Waals surface area contributed by atoms with Crippen molar-refractivity contribution >= 4 is 33.9 Å². The van der Waals surface area contributed by atoms with Crippen molar-refractivity contribution in [3.8, 4) is 11.3 Å². The van der Waals surface area contributed by atoms with Crippen LogP contribution >= 0.6 is 11.3 Å². The van der Waals surface area contributed by atoms with Crippen LogP contribution in [0, 0.1) is 18.8 Å². The van der Waals surface area contributed by atoms with E-state index in [9.17, 15) is 9.59 Å². The number of thiazole rings is 1. The Labute approximate surface area is 221 Å². The summed E-state index contributed by atoms with van der Waals surface area (Å²) in [6, 6.07) is 19.7. The molecule has 1 aliphatic carbocycles. The number of aromatic nitrogens is 2. The van der Waals surface area contributed by atoms with Crippen LogP contribution in [0.4, 0.5) is 0 Å². The first-order chi connectivity index (χ1) is 18.1. The zero-order chi connectivity index (χ0) is 25.4. The minimum absolute atomic E-state index is 0.0723. The summed E-state index contributed by atoms with van der Waals surface area (Å²) < 4.78 is 0. The van der Waals surface area contributed by atoms with Crippen molar-refractivity contribution in [2.45, 2.75) is 51.5 Å². The van der Waals surface area contributed by atoms with Gasteiger partial charge in [0.05, 0.1) is 16.2 Å². The summed E-state index contributed by atoms with van der Waals surface area (Å²) in [5, 5.41) is 1.88. The number of nitrogens with zero attached hydrogens (tertiary/aromatic N) is 3. The number of ketones is 1. The van der Waals surface area contributed by atoms with Gasteiger partial charge in [0.15, 0.2) is 5.78 Å². The molecule has 6 rings (SSSR count). The molecule has 37 heavy (non-hydrogen) atoms. The van der Waals surface area contributed by atoms with Crippen LogP contribution < -0.4 is 0 Å². The average Bonchev–Trinajstić information content (AvgIpc) is 3.52. The monoisotopic (exact) mass is 509 g/mol. The number of Topliss-reactive ketones (excluding diaryl/α,β-unsaturated/α-hetero) is 1. The number of pyridine rings is 1. The molecule has 0 bridgehead atoms. The Hall–Kier alpha value is -3.38. The molecule has 2 aromatic heterocycles. The van der Waals surface area contributed by atoms with E-state index in [0.29, 0.717) is 30.2 Å². The number of likely N-dealkylation sites (tertiary alicyclic amines) is 1. The van der Waals surface area contributed by atoms with E-state index in [0.717, 1.165) is 45.0 Å². The van der Waals surface area contributed by atoms with E-state index in [2.05, 4.69) is 9.88 Å². The third-order valence-corrected chi connectivity index (χ3v) is 9.09. The van der Waals surface area contributed by atoms with Crippen LogP contribution in [0.2, 0.25) is 0 Å². The van der Waals surface area contributed by atoms with Crippen molar-refractivity contribution in [2.24, 2.45) is 11.8 Å². The zero-order valence-corrected chi connectivity index (χ0v) is 21.9. The van der Waals surface area contributed by atoms with Gasteiger partial charge in [0, 0.05) is 41.7 Å². The molecule has 2 fully saturated rings. The van der Waals surface area contributed by atoms with Gasteiger partial charge in [0.2, 0.25) is 0 Å². The smallest absolute Gasteiger partial charge is 0.266 e. The predicted octanol–water partition coefficient (Wildman–Crippen LogP) is 6.96. The lowest BCUT2D eigenvalue weighted by Gasteiger charge is -2.30. The number of aryl methyl sites for hydroxylation is 1. The summed E-state index contributed by atoms with van der Waals surface area (Å²) in [7, 11) is 0. The first-order valence-corrected chi connectivity index (χ1v) is 14.1. The van der Waals surface area contributed by atoms with Gasteiger partial charge in [0.1, 0.15) is 4.88 Å². The molecule has 1 saturated carbocycles. The molecule has 1 aliphatic heterocycles. The Morgan fingerprint density at radius 3 is 2.68 bits per heavy atom. The first kappa shape index (κ1) is 24.0. The third-order valence-electron chi connectivity index (χ3n) is 8.13. The normalized spacial score (nSPS) is 21.2. The van der Waals surface area contributed by atoms with E-state index in [1.807, 2.05) is 67.6 Å². The molecular formula is C31H31N3O2S. The van der Waals surface area contributed by atoms with Crippen LogP contribution in [0.5, 0.6) is 0 Å². The third kappa shape index (κ3) is 4.59. The van der Waals surface area contributed by atoms with Crippen molar-refractivity contribution in [2.75, 3.05) is 6.54 Å². The van der Waals surface area contributed by atoms with E-state index in [-0.39, 0.29) is 17.7 Å². The van der Waals surface area contributed by atoms with Crippen LogP contribution in [0.25, 0.3) is 22.2 Å². The van der Waals surface area contributed by atoms with Crippen molar-refractivity contribution in [1.29, 1.82) is 0 Å². The number of carbonyl (C=O) groups is 2. The fraction of sp³-hybridized carbons (Fsp3) is 0.355. The standard InChI is InChI=1S/C31H31N3O2S/c1-20-33-29(22-9-3-2-4-10-22)30(37-20)31(36)34-19-23-11-5-6-14-24(23)26(34)16-17-27(35)25-15-7-12-21-13-8-18-32-28(21)25/h2-4,7-10,12-13,15,18,23-24,26H,5-6,11,14,16-17,19H2,1H3/t23-,24+,26-/m1/s1. The quantitative estimate of drug-likeness (QED) is 0.264. The van der Waals surface area contributed by atoms with E-state index in [4.69, 9.17) is 4.98 Å². The van der Waals surface area contributed by atoms with Gasteiger partial charge in [-0.25, -0.2) is 4.98 Å². The minimum Gasteiger partial charge on any atom is -0.334 e. The van der Waals surface area contributed by atoms with E-state index in [1.54, 1.807) is 6.20 Å². The molecule has 4 aromatic rings.